The molecule has 0 aromatic heterocycles. The Bertz CT molecular complexity index is 1020. The topological polar surface area (TPSA) is 55.4 Å². The smallest absolute Gasteiger partial charge is 0.161 e. The SMILES string of the molecule is Cc1ccc(COCCOCCOc2ccc(C)cc2OCCOCCOCc2ccc(C)cc2)cc1. The third-order valence-corrected chi connectivity index (χ3v) is 5.59. The van der Waals surface area contributed by atoms with Crippen molar-refractivity contribution in [2.45, 2.75) is 34.0 Å². The van der Waals surface area contributed by atoms with Crippen LogP contribution in [0.5, 0.6) is 11.5 Å². The second kappa shape index (κ2) is 16.8. The first kappa shape index (κ1) is 28.7. The Kier molecular flexibility index (Phi) is 13.0. The predicted octanol–water partition coefficient (Wildman–Crippen LogP) is 5.84. The van der Waals surface area contributed by atoms with Crippen molar-refractivity contribution in [1.29, 1.82) is 0 Å². The minimum atomic E-state index is 0.437. The van der Waals surface area contributed by atoms with Crippen LogP contribution in [0.4, 0.5) is 0 Å². The van der Waals surface area contributed by atoms with Gasteiger partial charge in [0.1, 0.15) is 13.2 Å². The van der Waals surface area contributed by atoms with Crippen molar-refractivity contribution in [1.82, 2.24) is 0 Å². The van der Waals surface area contributed by atoms with Gasteiger partial charge in [-0.15, -0.1) is 0 Å². The Morgan fingerprint density at radius 1 is 0.405 bits per heavy atom. The number of ether oxygens (including phenoxy) is 6. The molecule has 0 aliphatic heterocycles. The van der Waals surface area contributed by atoms with Crippen molar-refractivity contribution >= 4 is 0 Å². The van der Waals surface area contributed by atoms with Gasteiger partial charge in [0.15, 0.2) is 11.5 Å². The zero-order chi connectivity index (χ0) is 26.1. The lowest BCUT2D eigenvalue weighted by atomic mass is 10.2. The van der Waals surface area contributed by atoms with E-state index in [1.807, 2.05) is 25.1 Å². The second-order valence-electron chi connectivity index (χ2n) is 8.95. The van der Waals surface area contributed by atoms with E-state index in [0.717, 1.165) is 16.7 Å². The van der Waals surface area contributed by atoms with Crippen molar-refractivity contribution in [2.75, 3.05) is 52.9 Å². The van der Waals surface area contributed by atoms with Gasteiger partial charge in [-0.3, -0.25) is 0 Å². The highest BCUT2D eigenvalue weighted by Crippen LogP contribution is 2.28. The van der Waals surface area contributed by atoms with Crippen LogP contribution in [0.3, 0.4) is 0 Å². The van der Waals surface area contributed by atoms with Crippen LogP contribution < -0.4 is 9.47 Å². The molecule has 6 heteroatoms. The molecular weight excluding hydrogens is 468 g/mol. The molecule has 3 aromatic rings. The molecule has 0 N–H and O–H groups in total. The summed E-state index contributed by atoms with van der Waals surface area (Å²) < 4.78 is 34.4. The van der Waals surface area contributed by atoms with Crippen molar-refractivity contribution in [2.24, 2.45) is 0 Å². The van der Waals surface area contributed by atoms with Crippen LogP contribution in [0.15, 0.2) is 66.7 Å². The first-order valence-corrected chi connectivity index (χ1v) is 12.9. The molecule has 0 aliphatic carbocycles. The summed E-state index contributed by atoms with van der Waals surface area (Å²) in [5, 5.41) is 0. The lowest BCUT2D eigenvalue weighted by Gasteiger charge is -2.14. The highest BCUT2D eigenvalue weighted by Gasteiger charge is 2.06. The molecule has 0 saturated heterocycles. The number of aryl methyl sites for hydroxylation is 3. The molecule has 0 aliphatic rings. The van der Waals surface area contributed by atoms with Crippen LogP contribution in [0.1, 0.15) is 27.8 Å². The van der Waals surface area contributed by atoms with Crippen molar-refractivity contribution in [3.8, 4) is 11.5 Å². The van der Waals surface area contributed by atoms with Gasteiger partial charge < -0.3 is 28.4 Å². The molecule has 0 bridgehead atoms. The van der Waals surface area contributed by atoms with Crippen LogP contribution >= 0.6 is 0 Å². The standard InChI is InChI=1S/C31H40O6/c1-25-4-9-28(10-5-25)23-34-16-14-32-18-20-36-30-13-8-27(3)22-31(30)37-21-19-33-15-17-35-24-29-11-6-26(2)7-12-29/h4-13,22H,14-21,23-24H2,1-3H3. The number of hydrogen-bond acceptors (Lipinski definition) is 6. The molecule has 0 saturated carbocycles. The Labute approximate surface area is 221 Å². The average Bonchev–Trinajstić information content (AvgIpc) is 2.90. The quantitative estimate of drug-likeness (QED) is 0.201. The molecule has 6 nitrogen and oxygen atoms in total. The molecule has 200 valence electrons. The molecule has 0 unspecified atom stereocenters. The summed E-state index contributed by atoms with van der Waals surface area (Å²) in [5.41, 5.74) is 5.93. The highest BCUT2D eigenvalue weighted by molar-refractivity contribution is 5.42. The molecule has 3 rings (SSSR count). The second-order valence-corrected chi connectivity index (χ2v) is 8.95. The van der Waals surface area contributed by atoms with Gasteiger partial charge in [0.2, 0.25) is 0 Å². The van der Waals surface area contributed by atoms with Gasteiger partial charge in [-0.05, 0) is 49.6 Å². The Morgan fingerprint density at radius 3 is 1.32 bits per heavy atom. The number of benzene rings is 3. The monoisotopic (exact) mass is 508 g/mol. The van der Waals surface area contributed by atoms with Gasteiger partial charge >= 0.3 is 0 Å². The van der Waals surface area contributed by atoms with Crippen LogP contribution in [-0.4, -0.2) is 52.9 Å². The summed E-state index contributed by atoms with van der Waals surface area (Å²) in [6.07, 6.45) is 0. The summed E-state index contributed by atoms with van der Waals surface area (Å²) in [5.74, 6) is 1.41. The normalized spacial score (nSPS) is 11.0. The van der Waals surface area contributed by atoms with Gasteiger partial charge in [0.25, 0.3) is 0 Å². The molecule has 0 fully saturated rings. The third-order valence-electron chi connectivity index (χ3n) is 5.59. The Balaban J connectivity index is 1.22. The van der Waals surface area contributed by atoms with E-state index in [-0.39, 0.29) is 0 Å². The zero-order valence-corrected chi connectivity index (χ0v) is 22.4. The van der Waals surface area contributed by atoms with E-state index in [0.29, 0.717) is 77.6 Å². The number of rotatable bonds is 18. The first-order valence-electron chi connectivity index (χ1n) is 12.9. The first-order chi connectivity index (χ1) is 18.1. The van der Waals surface area contributed by atoms with Crippen LogP contribution in [0, 0.1) is 20.8 Å². The van der Waals surface area contributed by atoms with Gasteiger partial charge in [-0.2, -0.15) is 0 Å². The maximum Gasteiger partial charge on any atom is 0.161 e. The van der Waals surface area contributed by atoms with E-state index in [2.05, 4.69) is 62.4 Å². The van der Waals surface area contributed by atoms with Gasteiger partial charge in [0.05, 0.1) is 52.9 Å². The van der Waals surface area contributed by atoms with E-state index in [9.17, 15) is 0 Å². The van der Waals surface area contributed by atoms with Gasteiger partial charge in [0, 0.05) is 0 Å². The van der Waals surface area contributed by atoms with Crippen LogP contribution in [0.2, 0.25) is 0 Å². The molecular formula is C31H40O6. The van der Waals surface area contributed by atoms with E-state index >= 15 is 0 Å². The van der Waals surface area contributed by atoms with E-state index in [4.69, 9.17) is 28.4 Å². The molecule has 37 heavy (non-hydrogen) atoms. The van der Waals surface area contributed by atoms with Crippen LogP contribution in [0.25, 0.3) is 0 Å². The Morgan fingerprint density at radius 2 is 0.811 bits per heavy atom. The summed E-state index contributed by atoms with van der Waals surface area (Å²) in [6.45, 7) is 11.3. The third kappa shape index (κ3) is 11.8. The lowest BCUT2D eigenvalue weighted by Crippen LogP contribution is -2.13. The maximum absolute atomic E-state index is 5.91. The predicted molar refractivity (Wildman–Crippen MR) is 145 cm³/mol. The fraction of sp³-hybridized carbons (Fsp3) is 0.419. The van der Waals surface area contributed by atoms with E-state index in [1.165, 1.54) is 11.1 Å². The van der Waals surface area contributed by atoms with Crippen LogP contribution in [-0.2, 0) is 32.2 Å². The molecule has 0 radical (unpaired) electrons. The fourth-order valence-corrected chi connectivity index (χ4v) is 3.46. The number of hydrogen-bond donors (Lipinski definition) is 0. The summed E-state index contributed by atoms with van der Waals surface area (Å²) >= 11 is 0. The highest BCUT2D eigenvalue weighted by atomic mass is 16.6. The molecule has 0 spiro atoms. The fourth-order valence-electron chi connectivity index (χ4n) is 3.46. The van der Waals surface area contributed by atoms with Gasteiger partial charge in [-0.25, -0.2) is 0 Å². The largest absolute Gasteiger partial charge is 0.487 e. The molecule has 3 aromatic carbocycles. The molecule has 0 amide bonds. The Hall–Kier alpha value is -2.90. The minimum Gasteiger partial charge on any atom is -0.487 e. The zero-order valence-electron chi connectivity index (χ0n) is 22.4. The molecule has 0 atom stereocenters. The van der Waals surface area contributed by atoms with Crippen molar-refractivity contribution in [3.05, 3.63) is 94.5 Å². The lowest BCUT2D eigenvalue weighted by molar-refractivity contribution is 0.0274. The molecule has 0 heterocycles. The maximum atomic E-state index is 5.91. The van der Waals surface area contributed by atoms with Gasteiger partial charge in [-0.1, -0.05) is 65.7 Å². The van der Waals surface area contributed by atoms with E-state index in [1.54, 1.807) is 0 Å². The average molecular weight is 509 g/mol. The summed E-state index contributed by atoms with van der Waals surface area (Å²) in [6, 6.07) is 22.6. The van der Waals surface area contributed by atoms with Crippen molar-refractivity contribution in [3.63, 3.8) is 0 Å². The summed E-state index contributed by atoms with van der Waals surface area (Å²) in [7, 11) is 0. The van der Waals surface area contributed by atoms with Crippen molar-refractivity contribution < 1.29 is 28.4 Å². The summed E-state index contributed by atoms with van der Waals surface area (Å²) in [4.78, 5) is 0. The minimum absolute atomic E-state index is 0.437. The van der Waals surface area contributed by atoms with E-state index < -0.39 is 0 Å².